The van der Waals surface area contributed by atoms with E-state index in [9.17, 15) is 14.9 Å². The second kappa shape index (κ2) is 6.04. The minimum Gasteiger partial charge on any atom is -0.478 e. The monoisotopic (exact) mass is 286 g/mol. The molecule has 21 heavy (non-hydrogen) atoms. The van der Waals surface area contributed by atoms with Gasteiger partial charge in [-0.25, -0.2) is 4.79 Å². The van der Waals surface area contributed by atoms with E-state index >= 15 is 0 Å². The molecule has 2 N–H and O–H groups in total. The molecule has 0 radical (unpaired) electrons. The molecule has 0 atom stereocenters. The minimum atomic E-state index is -0.958. The first kappa shape index (κ1) is 14.5. The summed E-state index contributed by atoms with van der Waals surface area (Å²) in [6, 6.07) is 11.4. The lowest BCUT2D eigenvalue weighted by molar-refractivity contribution is -0.385. The summed E-state index contributed by atoms with van der Waals surface area (Å²) in [6.45, 7) is 2.20. The zero-order chi connectivity index (χ0) is 15.4. The summed E-state index contributed by atoms with van der Waals surface area (Å²) in [7, 11) is 0. The van der Waals surface area contributed by atoms with E-state index in [0.717, 1.165) is 11.3 Å². The van der Waals surface area contributed by atoms with Crippen LogP contribution in [-0.4, -0.2) is 16.0 Å². The number of nitro benzene ring substituents is 1. The molecule has 0 unspecified atom stereocenters. The Balaban J connectivity index is 2.04. The molecule has 0 amide bonds. The van der Waals surface area contributed by atoms with E-state index in [1.807, 2.05) is 0 Å². The highest BCUT2D eigenvalue weighted by Gasteiger charge is 2.09. The van der Waals surface area contributed by atoms with Crippen LogP contribution in [0.25, 0.3) is 0 Å². The minimum absolute atomic E-state index is 0.0892. The van der Waals surface area contributed by atoms with Gasteiger partial charge in [-0.3, -0.25) is 10.1 Å². The largest absolute Gasteiger partial charge is 0.478 e. The third-order valence-electron chi connectivity index (χ3n) is 3.09. The molecule has 0 aromatic heterocycles. The number of hydrogen-bond donors (Lipinski definition) is 2. The second-order valence-electron chi connectivity index (χ2n) is 4.61. The maximum Gasteiger partial charge on any atom is 0.335 e. The van der Waals surface area contributed by atoms with Crippen molar-refractivity contribution in [3.05, 3.63) is 69.3 Å². The van der Waals surface area contributed by atoms with Gasteiger partial charge in [0.05, 0.1) is 10.5 Å². The molecule has 0 aliphatic rings. The lowest BCUT2D eigenvalue weighted by Gasteiger charge is -2.08. The lowest BCUT2D eigenvalue weighted by Crippen LogP contribution is -2.02. The SMILES string of the molecule is Cc1cc(NCc2ccc(C(=O)O)cc2)ccc1[N+](=O)[O-]. The zero-order valence-corrected chi connectivity index (χ0v) is 11.4. The average molecular weight is 286 g/mol. The summed E-state index contributed by atoms with van der Waals surface area (Å²) < 4.78 is 0. The fourth-order valence-electron chi connectivity index (χ4n) is 1.94. The highest BCUT2D eigenvalue weighted by atomic mass is 16.6. The van der Waals surface area contributed by atoms with Crippen molar-refractivity contribution in [1.29, 1.82) is 0 Å². The van der Waals surface area contributed by atoms with E-state index in [4.69, 9.17) is 5.11 Å². The van der Waals surface area contributed by atoms with Crippen LogP contribution >= 0.6 is 0 Å². The quantitative estimate of drug-likeness (QED) is 0.650. The van der Waals surface area contributed by atoms with Crippen LogP contribution < -0.4 is 5.32 Å². The third-order valence-corrected chi connectivity index (χ3v) is 3.09. The van der Waals surface area contributed by atoms with E-state index in [1.54, 1.807) is 43.3 Å². The van der Waals surface area contributed by atoms with Crippen LogP contribution in [0.2, 0.25) is 0 Å². The number of hydrogen-bond acceptors (Lipinski definition) is 4. The molecule has 0 aliphatic carbocycles. The number of nitrogens with zero attached hydrogens (tertiary/aromatic N) is 1. The lowest BCUT2D eigenvalue weighted by atomic mass is 10.1. The Labute approximate surface area is 121 Å². The van der Waals surface area contributed by atoms with Crippen molar-refractivity contribution in [3.63, 3.8) is 0 Å². The summed E-state index contributed by atoms with van der Waals surface area (Å²) >= 11 is 0. The Bertz CT molecular complexity index is 681. The predicted molar refractivity (Wildman–Crippen MR) is 78.6 cm³/mol. The molecule has 0 fully saturated rings. The van der Waals surface area contributed by atoms with Crippen LogP contribution in [0.3, 0.4) is 0 Å². The number of nitrogens with one attached hydrogen (secondary N) is 1. The fraction of sp³-hybridized carbons (Fsp3) is 0.133. The van der Waals surface area contributed by atoms with Gasteiger partial charge in [-0.1, -0.05) is 12.1 Å². The normalized spacial score (nSPS) is 10.1. The summed E-state index contributed by atoms with van der Waals surface area (Å²) in [4.78, 5) is 21.1. The molecule has 6 nitrogen and oxygen atoms in total. The first-order valence-electron chi connectivity index (χ1n) is 6.28. The number of anilines is 1. The van der Waals surface area contributed by atoms with Crippen LogP contribution in [0.5, 0.6) is 0 Å². The number of aromatic carboxylic acids is 1. The van der Waals surface area contributed by atoms with Crippen LogP contribution in [0.1, 0.15) is 21.5 Å². The molecule has 0 saturated heterocycles. The van der Waals surface area contributed by atoms with Gasteiger partial charge < -0.3 is 10.4 Å². The fourth-order valence-corrected chi connectivity index (χ4v) is 1.94. The van der Waals surface area contributed by atoms with Crippen molar-refractivity contribution in [2.45, 2.75) is 13.5 Å². The Kier molecular flexibility index (Phi) is 4.18. The van der Waals surface area contributed by atoms with E-state index in [2.05, 4.69) is 5.32 Å². The number of carboxylic acid groups (broad SMARTS) is 1. The van der Waals surface area contributed by atoms with Crippen molar-refractivity contribution in [1.82, 2.24) is 0 Å². The Hall–Kier alpha value is -2.89. The van der Waals surface area contributed by atoms with Gasteiger partial charge in [0.2, 0.25) is 0 Å². The number of rotatable bonds is 5. The highest BCUT2D eigenvalue weighted by Crippen LogP contribution is 2.22. The molecule has 0 saturated carbocycles. The molecule has 0 aliphatic heterocycles. The molecule has 6 heteroatoms. The molecule has 2 aromatic carbocycles. The van der Waals surface area contributed by atoms with Gasteiger partial charge in [0.1, 0.15) is 0 Å². The van der Waals surface area contributed by atoms with Gasteiger partial charge in [0.25, 0.3) is 5.69 Å². The first-order chi connectivity index (χ1) is 9.97. The number of carbonyl (C=O) groups is 1. The smallest absolute Gasteiger partial charge is 0.335 e. The molecular formula is C15H14N2O4. The number of benzene rings is 2. The maximum absolute atomic E-state index is 10.7. The number of aryl methyl sites for hydroxylation is 1. The number of nitro groups is 1. The second-order valence-corrected chi connectivity index (χ2v) is 4.61. The van der Waals surface area contributed by atoms with E-state index in [1.165, 1.54) is 6.07 Å². The first-order valence-corrected chi connectivity index (χ1v) is 6.28. The van der Waals surface area contributed by atoms with E-state index in [0.29, 0.717) is 12.1 Å². The molecule has 0 bridgehead atoms. The van der Waals surface area contributed by atoms with Crippen molar-refractivity contribution in [2.75, 3.05) is 5.32 Å². The van der Waals surface area contributed by atoms with E-state index < -0.39 is 10.9 Å². The molecule has 0 heterocycles. The molecule has 108 valence electrons. The van der Waals surface area contributed by atoms with Crippen LogP contribution in [0.15, 0.2) is 42.5 Å². The molecular weight excluding hydrogens is 272 g/mol. The van der Waals surface area contributed by atoms with Gasteiger partial charge in [0.15, 0.2) is 0 Å². The maximum atomic E-state index is 10.7. The standard InChI is InChI=1S/C15H14N2O4/c1-10-8-13(6-7-14(10)17(20)21)16-9-11-2-4-12(5-3-11)15(18)19/h2-8,16H,9H2,1H3,(H,18,19). The zero-order valence-electron chi connectivity index (χ0n) is 11.4. The van der Waals surface area contributed by atoms with Gasteiger partial charge in [-0.15, -0.1) is 0 Å². The summed E-state index contributed by atoms with van der Waals surface area (Å²) in [5.41, 5.74) is 2.62. The Morgan fingerprint density at radius 1 is 1.24 bits per heavy atom. The molecule has 0 spiro atoms. The Morgan fingerprint density at radius 3 is 2.43 bits per heavy atom. The predicted octanol–water partition coefficient (Wildman–Crippen LogP) is 3.21. The van der Waals surface area contributed by atoms with E-state index in [-0.39, 0.29) is 11.3 Å². The molecule has 2 rings (SSSR count). The highest BCUT2D eigenvalue weighted by molar-refractivity contribution is 5.87. The van der Waals surface area contributed by atoms with Crippen LogP contribution in [0, 0.1) is 17.0 Å². The summed E-state index contributed by atoms with van der Waals surface area (Å²) in [5, 5.41) is 22.7. The van der Waals surface area contributed by atoms with Crippen LogP contribution in [0.4, 0.5) is 11.4 Å². The topological polar surface area (TPSA) is 92.5 Å². The van der Waals surface area contributed by atoms with Gasteiger partial charge >= 0.3 is 5.97 Å². The van der Waals surface area contributed by atoms with Gasteiger partial charge in [0, 0.05) is 23.9 Å². The van der Waals surface area contributed by atoms with Crippen molar-refractivity contribution < 1.29 is 14.8 Å². The van der Waals surface area contributed by atoms with Crippen molar-refractivity contribution in [3.8, 4) is 0 Å². The number of carboxylic acids is 1. The molecule has 2 aromatic rings. The van der Waals surface area contributed by atoms with Crippen molar-refractivity contribution in [2.24, 2.45) is 0 Å². The van der Waals surface area contributed by atoms with Gasteiger partial charge in [-0.2, -0.15) is 0 Å². The van der Waals surface area contributed by atoms with Crippen molar-refractivity contribution >= 4 is 17.3 Å². The van der Waals surface area contributed by atoms with Crippen LogP contribution in [-0.2, 0) is 6.54 Å². The summed E-state index contributed by atoms with van der Waals surface area (Å²) in [6.07, 6.45) is 0. The van der Waals surface area contributed by atoms with Gasteiger partial charge in [-0.05, 0) is 36.8 Å². The summed E-state index contributed by atoms with van der Waals surface area (Å²) in [5.74, 6) is -0.958. The third kappa shape index (κ3) is 3.56. The average Bonchev–Trinajstić information content (AvgIpc) is 2.45. The Morgan fingerprint density at radius 2 is 1.90 bits per heavy atom.